The van der Waals surface area contributed by atoms with E-state index in [9.17, 15) is 8.78 Å². The molecule has 0 radical (unpaired) electrons. The molecular weight excluding hydrogens is 254 g/mol. The molecule has 0 unspecified atom stereocenters. The Hall–Kier alpha value is -1.95. The summed E-state index contributed by atoms with van der Waals surface area (Å²) in [7, 11) is 0. The Kier molecular flexibility index (Phi) is 4.46. The average molecular weight is 268 g/mol. The number of hydrogen-bond acceptors (Lipinski definition) is 4. The molecule has 102 valence electrons. The van der Waals surface area contributed by atoms with Crippen molar-refractivity contribution in [3.63, 3.8) is 0 Å². The van der Waals surface area contributed by atoms with Crippen LogP contribution in [0.25, 0.3) is 11.3 Å². The molecular formula is C13H14F2N2O2. The minimum Gasteiger partial charge on any atom is -0.434 e. The minimum atomic E-state index is -2.87. The van der Waals surface area contributed by atoms with Crippen LogP contribution in [-0.2, 0) is 6.54 Å². The Morgan fingerprint density at radius 3 is 2.89 bits per heavy atom. The first-order chi connectivity index (χ1) is 9.20. The number of halogens is 2. The lowest BCUT2D eigenvalue weighted by atomic mass is 10.1. The fourth-order valence-electron chi connectivity index (χ4n) is 1.64. The maximum absolute atomic E-state index is 12.3. The number of ether oxygens (including phenoxy) is 1. The van der Waals surface area contributed by atoms with Gasteiger partial charge in [0, 0.05) is 12.6 Å². The predicted octanol–water partition coefficient (Wildman–Crippen LogP) is 3.05. The van der Waals surface area contributed by atoms with Crippen LogP contribution in [0.1, 0.15) is 12.6 Å². The first kappa shape index (κ1) is 13.5. The summed E-state index contributed by atoms with van der Waals surface area (Å²) in [5, 5.41) is 6.97. The first-order valence-electron chi connectivity index (χ1n) is 5.91. The number of para-hydroxylation sites is 1. The predicted molar refractivity (Wildman–Crippen MR) is 66.0 cm³/mol. The van der Waals surface area contributed by atoms with Gasteiger partial charge in [-0.25, -0.2) is 0 Å². The van der Waals surface area contributed by atoms with Crippen molar-refractivity contribution >= 4 is 0 Å². The smallest absolute Gasteiger partial charge is 0.387 e. The van der Waals surface area contributed by atoms with Crippen molar-refractivity contribution in [2.75, 3.05) is 6.54 Å². The standard InChI is InChI=1S/C13H14F2N2O2/c1-2-16-8-9-7-12(19-17-9)10-5-3-4-6-11(10)18-13(14)15/h3-7,13,16H,2,8H2,1H3. The minimum absolute atomic E-state index is 0.0728. The van der Waals surface area contributed by atoms with Crippen LogP contribution in [0.2, 0.25) is 0 Å². The van der Waals surface area contributed by atoms with Gasteiger partial charge < -0.3 is 14.6 Å². The molecule has 0 aliphatic heterocycles. The zero-order chi connectivity index (χ0) is 13.7. The Morgan fingerprint density at radius 2 is 2.16 bits per heavy atom. The molecule has 6 heteroatoms. The monoisotopic (exact) mass is 268 g/mol. The van der Waals surface area contributed by atoms with Crippen molar-refractivity contribution in [2.45, 2.75) is 20.1 Å². The van der Waals surface area contributed by atoms with E-state index < -0.39 is 6.61 Å². The van der Waals surface area contributed by atoms with Crippen molar-refractivity contribution in [3.05, 3.63) is 36.0 Å². The molecule has 2 rings (SSSR count). The molecule has 0 aliphatic rings. The maximum Gasteiger partial charge on any atom is 0.387 e. The van der Waals surface area contributed by atoms with E-state index in [0.717, 1.165) is 6.54 Å². The molecule has 4 nitrogen and oxygen atoms in total. The molecule has 0 atom stereocenters. The van der Waals surface area contributed by atoms with Gasteiger partial charge in [-0.2, -0.15) is 8.78 Å². The molecule has 0 amide bonds. The average Bonchev–Trinajstić information content (AvgIpc) is 2.85. The van der Waals surface area contributed by atoms with Crippen molar-refractivity contribution in [1.29, 1.82) is 0 Å². The van der Waals surface area contributed by atoms with Crippen LogP contribution in [0, 0.1) is 0 Å². The van der Waals surface area contributed by atoms with E-state index in [0.29, 0.717) is 23.6 Å². The second kappa shape index (κ2) is 6.29. The van der Waals surface area contributed by atoms with Crippen LogP contribution in [-0.4, -0.2) is 18.3 Å². The van der Waals surface area contributed by atoms with E-state index >= 15 is 0 Å². The third-order valence-corrected chi connectivity index (χ3v) is 2.48. The van der Waals surface area contributed by atoms with Crippen molar-refractivity contribution < 1.29 is 18.0 Å². The van der Waals surface area contributed by atoms with Gasteiger partial charge in [0.05, 0.1) is 11.3 Å². The summed E-state index contributed by atoms with van der Waals surface area (Å²) in [6, 6.07) is 8.16. The van der Waals surface area contributed by atoms with Crippen molar-refractivity contribution in [1.82, 2.24) is 10.5 Å². The molecule has 1 aromatic heterocycles. The molecule has 0 spiro atoms. The van der Waals surface area contributed by atoms with Crippen LogP contribution in [0.15, 0.2) is 34.9 Å². The number of nitrogens with zero attached hydrogens (tertiary/aromatic N) is 1. The molecule has 0 bridgehead atoms. The molecule has 0 fully saturated rings. The number of hydrogen-bond donors (Lipinski definition) is 1. The largest absolute Gasteiger partial charge is 0.434 e. The summed E-state index contributed by atoms with van der Waals surface area (Å²) in [6.07, 6.45) is 0. The molecule has 0 aliphatic carbocycles. The van der Waals surface area contributed by atoms with Gasteiger partial charge in [-0.15, -0.1) is 0 Å². The van der Waals surface area contributed by atoms with Gasteiger partial charge in [0.25, 0.3) is 0 Å². The summed E-state index contributed by atoms with van der Waals surface area (Å²) in [6.45, 7) is 0.489. The molecule has 1 heterocycles. The zero-order valence-electron chi connectivity index (χ0n) is 10.4. The van der Waals surface area contributed by atoms with E-state index in [1.165, 1.54) is 6.07 Å². The summed E-state index contributed by atoms with van der Waals surface area (Å²) in [4.78, 5) is 0. The molecule has 1 N–H and O–H groups in total. The number of rotatable bonds is 6. The van der Waals surface area contributed by atoms with Gasteiger partial charge in [-0.1, -0.05) is 24.2 Å². The van der Waals surface area contributed by atoms with E-state index in [1.54, 1.807) is 24.3 Å². The Morgan fingerprint density at radius 1 is 1.37 bits per heavy atom. The van der Waals surface area contributed by atoms with Gasteiger partial charge in [0.15, 0.2) is 5.76 Å². The highest BCUT2D eigenvalue weighted by Crippen LogP contribution is 2.31. The number of aromatic nitrogens is 1. The topological polar surface area (TPSA) is 47.3 Å². The molecule has 2 aromatic rings. The first-order valence-corrected chi connectivity index (χ1v) is 5.91. The molecule has 19 heavy (non-hydrogen) atoms. The second-order valence-corrected chi connectivity index (χ2v) is 3.84. The maximum atomic E-state index is 12.3. The fraction of sp³-hybridized carbons (Fsp3) is 0.308. The van der Waals surface area contributed by atoms with Gasteiger partial charge in [-0.3, -0.25) is 0 Å². The number of nitrogens with one attached hydrogen (secondary N) is 1. The van der Waals surface area contributed by atoms with Gasteiger partial charge in [0.2, 0.25) is 0 Å². The Bertz CT molecular complexity index is 529. The third kappa shape index (κ3) is 3.51. The fourth-order valence-corrected chi connectivity index (χ4v) is 1.64. The summed E-state index contributed by atoms with van der Waals surface area (Å²) in [5.74, 6) is 0.479. The van der Waals surface area contributed by atoms with Crippen molar-refractivity contribution in [2.24, 2.45) is 0 Å². The molecule has 0 saturated carbocycles. The second-order valence-electron chi connectivity index (χ2n) is 3.84. The van der Waals surface area contributed by atoms with Gasteiger partial charge >= 0.3 is 6.61 Å². The Labute approximate surface area is 109 Å². The summed E-state index contributed by atoms with van der Waals surface area (Å²) < 4.78 is 34.2. The van der Waals surface area contributed by atoms with Crippen LogP contribution < -0.4 is 10.1 Å². The SMILES string of the molecule is CCNCc1cc(-c2ccccc2OC(F)F)on1. The number of alkyl halides is 2. The third-order valence-electron chi connectivity index (χ3n) is 2.48. The van der Waals surface area contributed by atoms with Crippen LogP contribution in [0.3, 0.4) is 0 Å². The highest BCUT2D eigenvalue weighted by molar-refractivity contribution is 5.65. The normalized spacial score (nSPS) is 10.9. The van der Waals surface area contributed by atoms with Crippen molar-refractivity contribution in [3.8, 4) is 17.1 Å². The van der Waals surface area contributed by atoms with E-state index in [1.807, 2.05) is 6.92 Å². The quantitative estimate of drug-likeness (QED) is 0.874. The van der Waals surface area contributed by atoms with E-state index in [4.69, 9.17) is 4.52 Å². The lowest BCUT2D eigenvalue weighted by molar-refractivity contribution is -0.0495. The highest BCUT2D eigenvalue weighted by atomic mass is 19.3. The summed E-state index contributed by atoms with van der Waals surface area (Å²) >= 11 is 0. The Balaban J connectivity index is 2.23. The molecule has 1 aromatic carbocycles. The zero-order valence-corrected chi connectivity index (χ0v) is 10.4. The van der Waals surface area contributed by atoms with Crippen LogP contribution >= 0.6 is 0 Å². The number of benzene rings is 1. The van der Waals surface area contributed by atoms with E-state index in [-0.39, 0.29) is 5.75 Å². The summed E-state index contributed by atoms with van der Waals surface area (Å²) in [5.41, 5.74) is 1.17. The van der Waals surface area contributed by atoms with Crippen LogP contribution in [0.5, 0.6) is 5.75 Å². The van der Waals surface area contributed by atoms with Gasteiger partial charge in [0.1, 0.15) is 5.75 Å². The molecule has 0 saturated heterocycles. The van der Waals surface area contributed by atoms with E-state index in [2.05, 4.69) is 15.2 Å². The lowest BCUT2D eigenvalue weighted by Gasteiger charge is -2.07. The van der Waals surface area contributed by atoms with Gasteiger partial charge in [-0.05, 0) is 18.7 Å². The highest BCUT2D eigenvalue weighted by Gasteiger charge is 2.14. The van der Waals surface area contributed by atoms with Crippen LogP contribution in [0.4, 0.5) is 8.78 Å². The lowest BCUT2D eigenvalue weighted by Crippen LogP contribution is -2.11.